The molecule has 40 valence electrons. The molecular formula is C4H4Cl2O. The summed E-state index contributed by atoms with van der Waals surface area (Å²) in [5.41, 5.74) is 1.14. The summed E-state index contributed by atoms with van der Waals surface area (Å²) >= 11 is 10.1. The van der Waals surface area contributed by atoms with Crippen LogP contribution in [0.3, 0.4) is 0 Å². The highest BCUT2D eigenvalue weighted by Gasteiger charge is 1.86. The van der Waals surface area contributed by atoms with Crippen LogP contribution in [0.4, 0.5) is 0 Å². The predicted octanol–water partition coefficient (Wildman–Crippen LogP) is 1.55. The Kier molecular flexibility index (Phi) is 4.15. The van der Waals surface area contributed by atoms with E-state index in [2.05, 4.69) is 0 Å². The third kappa shape index (κ3) is 3.83. The summed E-state index contributed by atoms with van der Waals surface area (Å²) < 4.78 is 0. The third-order valence-electron chi connectivity index (χ3n) is 0.381. The van der Waals surface area contributed by atoms with Gasteiger partial charge in [-0.05, 0) is 6.08 Å². The van der Waals surface area contributed by atoms with Crippen LogP contribution in [-0.2, 0) is 4.79 Å². The number of allylic oxidation sites excluding steroid dienone is 1. The van der Waals surface area contributed by atoms with E-state index in [9.17, 15) is 4.79 Å². The molecule has 7 heavy (non-hydrogen) atoms. The average molecular weight is 139 g/mol. The van der Waals surface area contributed by atoms with E-state index in [4.69, 9.17) is 23.2 Å². The normalized spacial score (nSPS) is 10.0. The Morgan fingerprint density at radius 2 is 2.29 bits per heavy atom. The van der Waals surface area contributed by atoms with Gasteiger partial charge in [0.15, 0.2) is 5.78 Å². The summed E-state index contributed by atoms with van der Waals surface area (Å²) in [6, 6.07) is 0. The first-order valence-electron chi connectivity index (χ1n) is 1.67. The van der Waals surface area contributed by atoms with Gasteiger partial charge in [-0.15, -0.1) is 11.6 Å². The Balaban J connectivity index is 3.37. The second-order valence-corrected chi connectivity index (χ2v) is 1.41. The minimum atomic E-state index is -0.170. The van der Waals surface area contributed by atoms with Gasteiger partial charge in [0.25, 0.3) is 0 Å². The van der Waals surface area contributed by atoms with Crippen LogP contribution in [0.5, 0.6) is 0 Å². The van der Waals surface area contributed by atoms with Crippen LogP contribution in [0.1, 0.15) is 0 Å². The van der Waals surface area contributed by atoms with E-state index in [1.54, 1.807) is 0 Å². The lowest BCUT2D eigenvalue weighted by molar-refractivity contribution is -0.112. The summed E-state index contributed by atoms with van der Waals surface area (Å²) in [7, 11) is 0. The highest BCUT2D eigenvalue weighted by molar-refractivity contribution is 6.32. The second-order valence-electron chi connectivity index (χ2n) is 0.893. The lowest BCUT2D eigenvalue weighted by Gasteiger charge is -1.75. The Hall–Kier alpha value is -0.0100. The number of hydrogen-bond acceptors (Lipinski definition) is 1. The number of ketones is 1. The van der Waals surface area contributed by atoms with E-state index in [-0.39, 0.29) is 11.7 Å². The fourth-order valence-electron chi connectivity index (χ4n) is 0.115. The van der Waals surface area contributed by atoms with Crippen molar-refractivity contribution in [2.45, 2.75) is 0 Å². The molecule has 0 N–H and O–H groups in total. The SMILES string of the molecule is O=C(/C=C/Cl)CCl. The van der Waals surface area contributed by atoms with Gasteiger partial charge in [-0.3, -0.25) is 4.79 Å². The monoisotopic (exact) mass is 138 g/mol. The highest BCUT2D eigenvalue weighted by atomic mass is 35.5. The van der Waals surface area contributed by atoms with E-state index < -0.39 is 0 Å². The molecular weight excluding hydrogens is 135 g/mol. The summed E-state index contributed by atoms with van der Waals surface area (Å²) in [5.74, 6) is -0.167. The van der Waals surface area contributed by atoms with Gasteiger partial charge in [-0.2, -0.15) is 0 Å². The fourth-order valence-corrected chi connectivity index (χ4v) is 0.344. The minimum absolute atomic E-state index is 0.00319. The highest BCUT2D eigenvalue weighted by Crippen LogP contribution is 1.83. The standard InChI is InChI=1S/C4H4Cl2O/c5-2-1-4(7)3-6/h1-2H,3H2/b2-1+. The molecule has 0 aromatic rings. The first-order valence-corrected chi connectivity index (χ1v) is 2.64. The molecule has 0 rings (SSSR count). The Morgan fingerprint density at radius 1 is 1.71 bits per heavy atom. The number of alkyl halides is 1. The molecule has 0 atom stereocenters. The van der Waals surface area contributed by atoms with Crippen molar-refractivity contribution in [3.05, 3.63) is 11.6 Å². The summed E-state index contributed by atoms with van der Waals surface area (Å²) in [6.45, 7) is 0. The van der Waals surface area contributed by atoms with E-state index in [0.29, 0.717) is 0 Å². The van der Waals surface area contributed by atoms with Crippen molar-refractivity contribution < 1.29 is 4.79 Å². The van der Waals surface area contributed by atoms with Crippen molar-refractivity contribution in [2.75, 3.05) is 5.88 Å². The Morgan fingerprint density at radius 3 is 2.43 bits per heavy atom. The maximum absolute atomic E-state index is 10.1. The van der Waals surface area contributed by atoms with Crippen molar-refractivity contribution in [1.82, 2.24) is 0 Å². The van der Waals surface area contributed by atoms with Crippen molar-refractivity contribution in [3.8, 4) is 0 Å². The Labute approximate surface area is 51.9 Å². The van der Waals surface area contributed by atoms with Gasteiger partial charge in [0.1, 0.15) is 0 Å². The van der Waals surface area contributed by atoms with Crippen LogP contribution < -0.4 is 0 Å². The summed E-state index contributed by atoms with van der Waals surface area (Å²) in [6.07, 6.45) is 1.22. The smallest absolute Gasteiger partial charge is 0.171 e. The van der Waals surface area contributed by atoms with Crippen LogP contribution in [0.15, 0.2) is 11.6 Å². The second kappa shape index (κ2) is 4.16. The van der Waals surface area contributed by atoms with Crippen LogP contribution in [0, 0.1) is 0 Å². The minimum Gasteiger partial charge on any atom is -0.293 e. The van der Waals surface area contributed by atoms with Crippen LogP contribution in [-0.4, -0.2) is 11.7 Å². The molecule has 0 fully saturated rings. The van der Waals surface area contributed by atoms with Crippen molar-refractivity contribution in [1.29, 1.82) is 0 Å². The largest absolute Gasteiger partial charge is 0.293 e. The molecule has 0 aliphatic carbocycles. The first-order chi connectivity index (χ1) is 3.31. The topological polar surface area (TPSA) is 17.1 Å². The maximum Gasteiger partial charge on any atom is 0.171 e. The lowest BCUT2D eigenvalue weighted by atomic mass is 10.5. The van der Waals surface area contributed by atoms with Gasteiger partial charge in [-0.1, -0.05) is 11.6 Å². The average Bonchev–Trinajstić information content (AvgIpc) is 1.68. The van der Waals surface area contributed by atoms with Gasteiger partial charge in [0.2, 0.25) is 0 Å². The third-order valence-corrected chi connectivity index (χ3v) is 0.770. The fraction of sp³-hybridized carbons (Fsp3) is 0.250. The molecule has 0 aliphatic rings. The van der Waals surface area contributed by atoms with Gasteiger partial charge >= 0.3 is 0 Å². The molecule has 0 unspecified atom stereocenters. The van der Waals surface area contributed by atoms with Crippen LogP contribution in [0.2, 0.25) is 0 Å². The molecule has 0 amide bonds. The van der Waals surface area contributed by atoms with Crippen LogP contribution in [0.25, 0.3) is 0 Å². The van der Waals surface area contributed by atoms with Gasteiger partial charge in [0.05, 0.1) is 5.88 Å². The quantitative estimate of drug-likeness (QED) is 0.419. The first kappa shape index (κ1) is 6.99. The molecule has 0 saturated heterocycles. The molecule has 0 radical (unpaired) electrons. The van der Waals surface area contributed by atoms with E-state index >= 15 is 0 Å². The molecule has 1 nitrogen and oxygen atoms in total. The maximum atomic E-state index is 10.1. The van der Waals surface area contributed by atoms with Gasteiger partial charge in [0, 0.05) is 5.54 Å². The summed E-state index contributed by atoms with van der Waals surface area (Å²) in [4.78, 5) is 10.1. The van der Waals surface area contributed by atoms with E-state index in [1.165, 1.54) is 6.08 Å². The summed E-state index contributed by atoms with van der Waals surface area (Å²) in [5, 5.41) is 0. The number of hydrogen-bond donors (Lipinski definition) is 0. The zero-order valence-electron chi connectivity index (χ0n) is 3.53. The lowest BCUT2D eigenvalue weighted by Crippen LogP contribution is -1.90. The zero-order chi connectivity index (χ0) is 5.70. The molecule has 0 spiro atoms. The van der Waals surface area contributed by atoms with Crippen molar-refractivity contribution in [3.63, 3.8) is 0 Å². The van der Waals surface area contributed by atoms with E-state index in [1.807, 2.05) is 0 Å². The number of carbonyl (C=O) groups is 1. The van der Waals surface area contributed by atoms with Gasteiger partial charge in [-0.25, -0.2) is 0 Å². The van der Waals surface area contributed by atoms with Crippen molar-refractivity contribution >= 4 is 29.0 Å². The number of halogens is 2. The number of rotatable bonds is 2. The van der Waals surface area contributed by atoms with Gasteiger partial charge < -0.3 is 0 Å². The van der Waals surface area contributed by atoms with Crippen LogP contribution >= 0.6 is 23.2 Å². The van der Waals surface area contributed by atoms with Crippen molar-refractivity contribution in [2.24, 2.45) is 0 Å². The molecule has 3 heteroatoms. The molecule has 0 aromatic carbocycles. The molecule has 0 aromatic heterocycles. The molecule has 0 aliphatic heterocycles. The molecule has 0 bridgehead atoms. The predicted molar refractivity (Wildman–Crippen MR) is 30.7 cm³/mol. The van der Waals surface area contributed by atoms with E-state index in [0.717, 1.165) is 5.54 Å². The zero-order valence-corrected chi connectivity index (χ0v) is 5.04. The Bertz CT molecular complexity index is 87.7. The number of carbonyl (C=O) groups excluding carboxylic acids is 1. The molecule has 0 saturated carbocycles. The molecule has 0 heterocycles.